The molecule has 0 radical (unpaired) electrons. The predicted octanol–water partition coefficient (Wildman–Crippen LogP) is 5.81. The van der Waals surface area contributed by atoms with E-state index in [1.165, 1.54) is 0 Å². The van der Waals surface area contributed by atoms with Crippen molar-refractivity contribution in [1.82, 2.24) is 9.80 Å². The third-order valence-corrected chi connectivity index (χ3v) is 6.92. The molecule has 1 aliphatic heterocycles. The lowest BCUT2D eigenvalue weighted by molar-refractivity contribution is -0.137. The van der Waals surface area contributed by atoms with Crippen molar-refractivity contribution in [2.45, 2.75) is 32.7 Å². The van der Waals surface area contributed by atoms with Gasteiger partial charge in [0.1, 0.15) is 6.54 Å². The van der Waals surface area contributed by atoms with Crippen LogP contribution in [0.2, 0.25) is 5.02 Å². The number of carbonyl (C=O) groups is 2. The highest BCUT2D eigenvalue weighted by Gasteiger charge is 2.26. The van der Waals surface area contributed by atoms with E-state index in [0.717, 1.165) is 48.2 Å². The summed E-state index contributed by atoms with van der Waals surface area (Å²) in [4.78, 5) is 30.2. The maximum absolute atomic E-state index is 13.4. The van der Waals surface area contributed by atoms with Gasteiger partial charge in [0.15, 0.2) is 0 Å². The number of amides is 2. The number of hydrogen-bond acceptors (Lipinski definition) is 4. The largest absolute Gasteiger partial charge is 0.326 e. The van der Waals surface area contributed by atoms with E-state index in [1.54, 1.807) is 17.0 Å². The van der Waals surface area contributed by atoms with Gasteiger partial charge < -0.3 is 10.2 Å². The Bertz CT molecular complexity index is 1290. The molecule has 6 nitrogen and oxygen atoms in total. The van der Waals surface area contributed by atoms with Crippen molar-refractivity contribution in [2.75, 3.05) is 31.5 Å². The first-order valence-corrected chi connectivity index (χ1v) is 12.9. The first-order chi connectivity index (χ1) is 17.8. The molecule has 0 aliphatic carbocycles. The van der Waals surface area contributed by atoms with Crippen molar-refractivity contribution in [2.24, 2.45) is 0 Å². The highest BCUT2D eigenvalue weighted by atomic mass is 35.5. The fourth-order valence-corrected chi connectivity index (χ4v) is 5.02. The van der Waals surface area contributed by atoms with Crippen LogP contribution in [0, 0.1) is 18.3 Å². The average molecular weight is 515 g/mol. The minimum atomic E-state index is -0.304. The second-order valence-electron chi connectivity index (χ2n) is 9.56. The average Bonchev–Trinajstić information content (AvgIpc) is 3.39. The number of nitrogens with zero attached hydrogens (tertiary/aromatic N) is 3. The highest BCUT2D eigenvalue weighted by Crippen LogP contribution is 2.26. The molecule has 4 rings (SSSR count). The van der Waals surface area contributed by atoms with Crippen LogP contribution in [-0.4, -0.2) is 47.8 Å². The Morgan fingerprint density at radius 1 is 1.05 bits per heavy atom. The predicted molar refractivity (Wildman–Crippen MR) is 147 cm³/mol. The van der Waals surface area contributed by atoms with Crippen molar-refractivity contribution in [3.63, 3.8) is 0 Å². The van der Waals surface area contributed by atoms with Gasteiger partial charge in [-0.25, -0.2) is 0 Å². The fourth-order valence-electron chi connectivity index (χ4n) is 4.73. The van der Waals surface area contributed by atoms with Gasteiger partial charge in [-0.1, -0.05) is 48.0 Å². The van der Waals surface area contributed by atoms with E-state index in [0.29, 0.717) is 22.8 Å². The van der Waals surface area contributed by atoms with Crippen molar-refractivity contribution >= 4 is 29.1 Å². The van der Waals surface area contributed by atoms with Crippen molar-refractivity contribution < 1.29 is 9.59 Å². The summed E-state index contributed by atoms with van der Waals surface area (Å²) in [5, 5.41) is 12.6. The molecule has 190 valence electrons. The summed E-state index contributed by atoms with van der Waals surface area (Å²) in [7, 11) is 0. The van der Waals surface area contributed by atoms with Crippen LogP contribution in [-0.2, 0) is 9.59 Å². The van der Waals surface area contributed by atoms with Gasteiger partial charge in [-0.15, -0.1) is 0 Å². The van der Waals surface area contributed by atoms with Crippen LogP contribution >= 0.6 is 11.6 Å². The SMILES string of the molecule is Cc1cc(Cl)cc(NC(=O)CN(C(=O)CN2CCCC2)C(C)c2ccc(-c3cccc(C#N)c3)cc2)c1. The van der Waals surface area contributed by atoms with Crippen LogP contribution in [0.15, 0.2) is 66.7 Å². The van der Waals surface area contributed by atoms with E-state index in [1.807, 2.05) is 68.4 Å². The van der Waals surface area contributed by atoms with Gasteiger partial charge in [-0.05, 0) is 92.4 Å². The molecule has 0 bridgehead atoms. The van der Waals surface area contributed by atoms with E-state index in [-0.39, 0.29) is 24.4 Å². The maximum Gasteiger partial charge on any atom is 0.244 e. The molecule has 3 aromatic rings. The van der Waals surface area contributed by atoms with Crippen LogP contribution in [0.25, 0.3) is 11.1 Å². The molecule has 1 N–H and O–H groups in total. The second-order valence-corrected chi connectivity index (χ2v) is 10.00. The first kappa shape index (κ1) is 26.4. The van der Waals surface area contributed by atoms with Gasteiger partial charge in [-0.2, -0.15) is 5.26 Å². The summed E-state index contributed by atoms with van der Waals surface area (Å²) in [5.41, 5.74) is 5.03. The Balaban J connectivity index is 1.53. The van der Waals surface area contributed by atoms with Crippen LogP contribution in [0.3, 0.4) is 0 Å². The Hall–Kier alpha value is -3.66. The molecule has 0 aromatic heterocycles. The standard InChI is InChI=1S/C30H31ClN4O2/c1-21-14-27(31)17-28(15-21)33-29(36)19-35(30(37)20-34-12-3-4-13-34)22(2)24-8-10-25(11-9-24)26-7-5-6-23(16-26)18-32/h5-11,14-17,22H,3-4,12-13,19-20H2,1-2H3,(H,33,36). The zero-order valence-electron chi connectivity index (χ0n) is 21.2. The number of benzene rings is 3. The molecule has 7 heteroatoms. The number of aryl methyl sites for hydroxylation is 1. The molecule has 1 atom stereocenters. The minimum absolute atomic E-state index is 0.0641. The number of nitrogens with one attached hydrogen (secondary N) is 1. The van der Waals surface area contributed by atoms with E-state index < -0.39 is 0 Å². The fraction of sp³-hybridized carbons (Fsp3) is 0.300. The smallest absolute Gasteiger partial charge is 0.244 e. The van der Waals surface area contributed by atoms with E-state index >= 15 is 0 Å². The number of carbonyl (C=O) groups excluding carboxylic acids is 2. The third-order valence-electron chi connectivity index (χ3n) is 6.70. The second kappa shape index (κ2) is 12.1. The molecule has 1 heterocycles. The number of nitriles is 1. The number of halogens is 1. The van der Waals surface area contributed by atoms with Gasteiger partial charge in [0.25, 0.3) is 0 Å². The molecule has 1 unspecified atom stereocenters. The van der Waals surface area contributed by atoms with E-state index in [2.05, 4.69) is 16.3 Å². The van der Waals surface area contributed by atoms with E-state index in [9.17, 15) is 14.9 Å². The Kier molecular flexibility index (Phi) is 8.60. The van der Waals surface area contributed by atoms with Gasteiger partial charge in [0.2, 0.25) is 11.8 Å². The maximum atomic E-state index is 13.4. The number of hydrogen-bond donors (Lipinski definition) is 1. The summed E-state index contributed by atoms with van der Waals surface area (Å²) < 4.78 is 0. The number of likely N-dealkylation sites (tertiary alicyclic amines) is 1. The van der Waals surface area contributed by atoms with E-state index in [4.69, 9.17) is 11.6 Å². The molecule has 1 saturated heterocycles. The minimum Gasteiger partial charge on any atom is -0.326 e. The molecule has 0 saturated carbocycles. The monoisotopic (exact) mass is 514 g/mol. The zero-order chi connectivity index (χ0) is 26.4. The van der Waals surface area contributed by atoms with Gasteiger partial charge in [0, 0.05) is 10.7 Å². The first-order valence-electron chi connectivity index (χ1n) is 12.5. The quantitative estimate of drug-likeness (QED) is 0.411. The zero-order valence-corrected chi connectivity index (χ0v) is 22.0. The summed E-state index contributed by atoms with van der Waals surface area (Å²) in [5.74, 6) is -0.342. The van der Waals surface area contributed by atoms with Gasteiger partial charge >= 0.3 is 0 Å². The molecule has 1 aliphatic rings. The number of rotatable bonds is 8. The summed E-state index contributed by atoms with van der Waals surface area (Å²) >= 11 is 6.15. The molecule has 3 aromatic carbocycles. The Morgan fingerprint density at radius 2 is 1.78 bits per heavy atom. The lowest BCUT2D eigenvalue weighted by Gasteiger charge is -2.31. The van der Waals surface area contributed by atoms with Crippen molar-refractivity contribution in [3.05, 3.63) is 88.4 Å². The summed E-state index contributed by atoms with van der Waals surface area (Å²) in [6, 6.07) is 22.6. The lowest BCUT2D eigenvalue weighted by atomic mass is 9.99. The van der Waals surface area contributed by atoms with Crippen LogP contribution in [0.1, 0.15) is 42.5 Å². The molecule has 1 fully saturated rings. The molecule has 2 amide bonds. The Morgan fingerprint density at radius 3 is 2.46 bits per heavy atom. The summed E-state index contributed by atoms with van der Waals surface area (Å²) in [6.45, 7) is 5.90. The van der Waals surface area contributed by atoms with Gasteiger partial charge in [0.05, 0.1) is 24.2 Å². The normalized spacial score (nSPS) is 14.1. The Labute approximate surface area is 223 Å². The van der Waals surface area contributed by atoms with Crippen molar-refractivity contribution in [1.29, 1.82) is 5.26 Å². The lowest BCUT2D eigenvalue weighted by Crippen LogP contribution is -2.44. The number of anilines is 1. The van der Waals surface area contributed by atoms with Crippen LogP contribution < -0.4 is 5.32 Å². The highest BCUT2D eigenvalue weighted by molar-refractivity contribution is 6.31. The molecular formula is C30H31ClN4O2. The van der Waals surface area contributed by atoms with Gasteiger partial charge in [-0.3, -0.25) is 14.5 Å². The third kappa shape index (κ3) is 6.97. The van der Waals surface area contributed by atoms with Crippen molar-refractivity contribution in [3.8, 4) is 17.2 Å². The van der Waals surface area contributed by atoms with Crippen LogP contribution in [0.5, 0.6) is 0 Å². The van der Waals surface area contributed by atoms with Crippen LogP contribution in [0.4, 0.5) is 5.69 Å². The molecule has 0 spiro atoms. The molecule has 37 heavy (non-hydrogen) atoms. The molecular weight excluding hydrogens is 484 g/mol. The summed E-state index contributed by atoms with van der Waals surface area (Å²) in [6.07, 6.45) is 2.18. The topological polar surface area (TPSA) is 76.4 Å².